The van der Waals surface area contributed by atoms with E-state index in [1.165, 1.54) is 0 Å². The second-order valence-electron chi connectivity index (χ2n) is 5.12. The molecule has 0 amide bonds. The summed E-state index contributed by atoms with van der Waals surface area (Å²) < 4.78 is 6.32. The van der Waals surface area contributed by atoms with Crippen LogP contribution in [0.3, 0.4) is 0 Å². The zero-order valence-electron chi connectivity index (χ0n) is 11.9. The van der Waals surface area contributed by atoms with Crippen LogP contribution in [0.25, 0.3) is 0 Å². The first-order valence-corrected chi connectivity index (χ1v) is 19.6. The first-order valence-electron chi connectivity index (χ1n) is 7.02. The van der Waals surface area contributed by atoms with Crippen molar-refractivity contribution in [3.8, 4) is 4.02 Å². The number of hydrogen-bond acceptors (Lipinski definition) is 1. The van der Waals surface area contributed by atoms with E-state index in [0.717, 1.165) is 10.5 Å². The maximum atomic E-state index is 10.4. The molecular weight excluding hydrogens is 491 g/mol. The van der Waals surface area contributed by atoms with Gasteiger partial charge < -0.3 is 0 Å². The fourth-order valence-corrected chi connectivity index (χ4v) is 19.0. The van der Waals surface area contributed by atoms with Crippen LogP contribution in [0, 0.1) is 9.28 Å². The van der Waals surface area contributed by atoms with Crippen LogP contribution in [0.4, 0.5) is 0 Å². The van der Waals surface area contributed by atoms with Gasteiger partial charge in [0.2, 0.25) is 0 Å². The molecule has 0 saturated carbocycles. The molecule has 3 rings (SSSR count). The number of nitrogens with zero attached hydrogens (tertiary/aromatic N) is 1. The molecule has 108 valence electrons. The Bertz CT molecular complexity index is 711. The number of hydrogen-bond donors (Lipinski definition) is 0. The van der Waals surface area contributed by atoms with Crippen LogP contribution in [-0.4, -0.2) is 13.4 Å². The molecule has 3 heteroatoms. The standard InChI is InChI=1S/3C6H5.CN.HI.Sb/c3*1-2-4-6-5-3-1;1-2;;/h3*1-5H;;1H;/q;;;;;+1/p-1. The molecule has 22 heavy (non-hydrogen) atoms. The van der Waals surface area contributed by atoms with Gasteiger partial charge in [0.1, 0.15) is 0 Å². The average Bonchev–Trinajstić information content (AvgIpc) is 2.63. The van der Waals surface area contributed by atoms with Gasteiger partial charge in [0.05, 0.1) is 0 Å². The Morgan fingerprint density at radius 3 is 1.09 bits per heavy atom. The molecule has 0 N–H and O–H groups in total. The minimum atomic E-state index is -4.13. The molecule has 0 aliphatic heterocycles. The van der Waals surface area contributed by atoms with Gasteiger partial charge in [0.25, 0.3) is 0 Å². The Labute approximate surface area is 141 Å². The minimum absolute atomic E-state index is 1.16. The molecule has 0 atom stereocenters. The molecule has 0 saturated heterocycles. The van der Waals surface area contributed by atoms with E-state index in [2.05, 4.69) is 58.9 Å². The summed E-state index contributed by atoms with van der Waals surface area (Å²) in [5, 5.41) is 10.4. The van der Waals surface area contributed by atoms with E-state index in [0.29, 0.717) is 0 Å². The summed E-state index contributed by atoms with van der Waals surface area (Å²) in [7, 11) is 0. The molecule has 0 radical (unpaired) electrons. The molecule has 0 aromatic heterocycles. The van der Waals surface area contributed by atoms with E-state index in [1.807, 2.05) is 54.6 Å². The van der Waals surface area contributed by atoms with E-state index in [1.54, 1.807) is 0 Å². The van der Waals surface area contributed by atoms with Crippen molar-refractivity contribution in [3.63, 3.8) is 0 Å². The van der Waals surface area contributed by atoms with Crippen LogP contribution in [0.15, 0.2) is 91.0 Å². The normalized spacial score (nSPS) is 12.8. The van der Waals surface area contributed by atoms with E-state index in [9.17, 15) is 5.26 Å². The quantitative estimate of drug-likeness (QED) is 0.396. The van der Waals surface area contributed by atoms with Gasteiger partial charge in [0, 0.05) is 0 Å². The number of benzene rings is 3. The number of nitriles is 1. The van der Waals surface area contributed by atoms with Crippen LogP contribution in [0.5, 0.6) is 0 Å². The summed E-state index contributed by atoms with van der Waals surface area (Å²) in [6.45, 7) is 0. The molecule has 1 nitrogen and oxygen atoms in total. The van der Waals surface area contributed by atoms with Gasteiger partial charge in [0.15, 0.2) is 0 Å². The molecule has 0 aliphatic rings. The molecule has 0 fully saturated rings. The van der Waals surface area contributed by atoms with Crippen LogP contribution >= 0.6 is 18.5 Å². The zero-order valence-corrected chi connectivity index (χ0v) is 16.6. The van der Waals surface area contributed by atoms with Crippen molar-refractivity contribution in [3.05, 3.63) is 91.0 Å². The second kappa shape index (κ2) is 6.06. The van der Waals surface area contributed by atoms with Gasteiger partial charge >= 0.3 is 143 Å². The Morgan fingerprint density at radius 2 is 0.864 bits per heavy atom. The molecule has 0 bridgehead atoms. The van der Waals surface area contributed by atoms with Gasteiger partial charge in [-0.1, -0.05) is 0 Å². The summed E-state index contributed by atoms with van der Waals surface area (Å²) in [5.74, 6) is 0. The topological polar surface area (TPSA) is 23.8 Å². The van der Waals surface area contributed by atoms with Crippen LogP contribution in [0.1, 0.15) is 0 Å². The Hall–Kier alpha value is -1.30. The average molecular weight is 506 g/mol. The maximum absolute atomic E-state index is 10.4. The first-order chi connectivity index (χ1) is 10.7. The van der Waals surface area contributed by atoms with Crippen molar-refractivity contribution < 1.29 is 0 Å². The van der Waals surface area contributed by atoms with Gasteiger partial charge in [-0.25, -0.2) is 0 Å². The molecule has 0 aliphatic carbocycles. The van der Waals surface area contributed by atoms with Crippen molar-refractivity contribution in [2.45, 2.75) is 0 Å². The third-order valence-corrected chi connectivity index (χ3v) is 28.5. The molecule has 0 spiro atoms. The predicted molar refractivity (Wildman–Crippen MR) is 104 cm³/mol. The Balaban J connectivity index is 2.45. The van der Waals surface area contributed by atoms with Gasteiger partial charge in [-0.2, -0.15) is 0 Å². The SMILES string of the molecule is N#[C][Sb]([I])([c]1ccccc1)([c]1ccccc1)[c]1ccccc1. The number of halogens is 1. The van der Waals surface area contributed by atoms with Crippen LogP contribution in [-0.2, 0) is 0 Å². The fourth-order valence-electron chi connectivity index (χ4n) is 2.74. The van der Waals surface area contributed by atoms with Gasteiger partial charge in [-0.05, 0) is 0 Å². The van der Waals surface area contributed by atoms with E-state index >= 15 is 0 Å². The fraction of sp³-hybridized carbons (Fsp3) is 0. The zero-order chi connectivity index (χ0) is 15.5. The van der Waals surface area contributed by atoms with E-state index in [-0.39, 0.29) is 0 Å². The van der Waals surface area contributed by atoms with Crippen molar-refractivity contribution in [1.82, 2.24) is 0 Å². The Morgan fingerprint density at radius 1 is 0.591 bits per heavy atom. The van der Waals surface area contributed by atoms with Crippen molar-refractivity contribution in [2.24, 2.45) is 0 Å². The molecular formula is C19H15INSb. The van der Waals surface area contributed by atoms with Crippen molar-refractivity contribution in [1.29, 1.82) is 5.26 Å². The Kier molecular flexibility index (Phi) is 4.30. The van der Waals surface area contributed by atoms with Crippen molar-refractivity contribution >= 4 is 42.4 Å². The van der Waals surface area contributed by atoms with Crippen LogP contribution in [0.2, 0.25) is 0 Å². The molecule has 0 heterocycles. The van der Waals surface area contributed by atoms with Crippen LogP contribution < -0.4 is 10.5 Å². The van der Waals surface area contributed by atoms with Crippen molar-refractivity contribution in [2.75, 3.05) is 0 Å². The monoisotopic (exact) mass is 505 g/mol. The first kappa shape index (κ1) is 15.6. The molecule has 0 unspecified atom stereocenters. The summed E-state index contributed by atoms with van der Waals surface area (Å²) >= 11 is -1.62. The third-order valence-electron chi connectivity index (χ3n) is 3.91. The van der Waals surface area contributed by atoms with Gasteiger partial charge in [-0.15, -0.1) is 0 Å². The molecule has 3 aromatic rings. The summed E-state index contributed by atoms with van der Waals surface area (Å²) in [4.78, 5) is 0. The summed E-state index contributed by atoms with van der Waals surface area (Å²) in [5.41, 5.74) is 0. The predicted octanol–water partition coefficient (Wildman–Crippen LogP) is 3.11. The third kappa shape index (κ3) is 2.28. The van der Waals surface area contributed by atoms with Gasteiger partial charge in [-0.3, -0.25) is 0 Å². The van der Waals surface area contributed by atoms with E-state index < -0.39 is 13.4 Å². The second-order valence-corrected chi connectivity index (χ2v) is 28.8. The number of rotatable bonds is 3. The molecule has 3 aromatic carbocycles. The summed E-state index contributed by atoms with van der Waals surface area (Å²) in [6, 6.07) is 30.9. The summed E-state index contributed by atoms with van der Waals surface area (Å²) in [6.07, 6.45) is 0. The van der Waals surface area contributed by atoms with E-state index in [4.69, 9.17) is 0 Å².